The SMILES string of the molecule is O=C(CCc1cccnc1)Nc1ncc(Cc2ccc(Cl)cc2)s1. The van der Waals surface area contributed by atoms with Gasteiger partial charge in [0.05, 0.1) is 0 Å². The maximum atomic E-state index is 12.0. The van der Waals surface area contributed by atoms with Crippen LogP contribution < -0.4 is 5.32 Å². The molecule has 0 aliphatic heterocycles. The molecular weight excluding hydrogens is 342 g/mol. The van der Waals surface area contributed by atoms with E-state index in [4.69, 9.17) is 11.6 Å². The number of benzene rings is 1. The summed E-state index contributed by atoms with van der Waals surface area (Å²) in [6, 6.07) is 11.6. The van der Waals surface area contributed by atoms with Crippen molar-refractivity contribution in [3.8, 4) is 0 Å². The zero-order valence-corrected chi connectivity index (χ0v) is 14.5. The van der Waals surface area contributed by atoms with Crippen LogP contribution in [0.5, 0.6) is 0 Å². The molecule has 0 saturated carbocycles. The quantitative estimate of drug-likeness (QED) is 0.713. The molecule has 1 amide bonds. The van der Waals surface area contributed by atoms with E-state index in [-0.39, 0.29) is 5.91 Å². The molecule has 6 heteroatoms. The van der Waals surface area contributed by atoms with Crippen LogP contribution in [-0.2, 0) is 17.6 Å². The lowest BCUT2D eigenvalue weighted by Crippen LogP contribution is -2.12. The smallest absolute Gasteiger partial charge is 0.226 e. The number of thiazole rings is 1. The van der Waals surface area contributed by atoms with Crippen molar-refractivity contribution in [1.29, 1.82) is 0 Å². The summed E-state index contributed by atoms with van der Waals surface area (Å²) in [6.07, 6.45) is 7.17. The number of nitrogens with zero attached hydrogens (tertiary/aromatic N) is 2. The van der Waals surface area contributed by atoms with Crippen molar-refractivity contribution in [2.45, 2.75) is 19.3 Å². The predicted molar refractivity (Wildman–Crippen MR) is 97.6 cm³/mol. The van der Waals surface area contributed by atoms with Gasteiger partial charge in [-0.1, -0.05) is 29.8 Å². The predicted octanol–water partition coefficient (Wildman–Crippen LogP) is 4.35. The van der Waals surface area contributed by atoms with Crippen LogP contribution in [0.2, 0.25) is 5.02 Å². The molecule has 0 aliphatic rings. The van der Waals surface area contributed by atoms with Crippen LogP contribution >= 0.6 is 22.9 Å². The Bertz CT molecular complexity index is 803. The number of amides is 1. The van der Waals surface area contributed by atoms with E-state index in [1.165, 1.54) is 11.3 Å². The summed E-state index contributed by atoms with van der Waals surface area (Å²) in [5, 5.41) is 4.22. The van der Waals surface area contributed by atoms with Gasteiger partial charge in [-0.15, -0.1) is 11.3 Å². The maximum Gasteiger partial charge on any atom is 0.226 e. The molecular formula is C18H16ClN3OS. The molecule has 2 aromatic heterocycles. The molecule has 3 rings (SSSR count). The number of aromatic nitrogens is 2. The minimum Gasteiger partial charge on any atom is -0.302 e. The standard InChI is InChI=1S/C18H16ClN3OS/c19-15-6-3-13(4-7-15)10-16-12-21-18(24-16)22-17(23)8-5-14-2-1-9-20-11-14/h1-4,6-7,9,11-12H,5,8,10H2,(H,21,22,23). The summed E-state index contributed by atoms with van der Waals surface area (Å²) in [7, 11) is 0. The van der Waals surface area contributed by atoms with Crippen molar-refractivity contribution in [3.05, 3.63) is 76.0 Å². The number of carbonyl (C=O) groups excluding carboxylic acids is 1. The number of aryl methyl sites for hydroxylation is 1. The van der Waals surface area contributed by atoms with Gasteiger partial charge in [0.15, 0.2) is 5.13 Å². The van der Waals surface area contributed by atoms with Crippen LogP contribution in [0.25, 0.3) is 0 Å². The number of anilines is 1. The zero-order chi connectivity index (χ0) is 16.8. The van der Waals surface area contributed by atoms with Gasteiger partial charge in [0.25, 0.3) is 0 Å². The zero-order valence-electron chi connectivity index (χ0n) is 12.9. The molecule has 0 aliphatic carbocycles. The average Bonchev–Trinajstić information content (AvgIpc) is 3.03. The maximum absolute atomic E-state index is 12.0. The van der Waals surface area contributed by atoms with E-state index in [9.17, 15) is 4.79 Å². The van der Waals surface area contributed by atoms with Gasteiger partial charge in [-0.25, -0.2) is 4.98 Å². The molecule has 0 radical (unpaired) electrons. The van der Waals surface area contributed by atoms with Gasteiger partial charge in [0.2, 0.25) is 5.91 Å². The highest BCUT2D eigenvalue weighted by Crippen LogP contribution is 2.22. The molecule has 0 spiro atoms. The Morgan fingerprint density at radius 2 is 1.96 bits per heavy atom. The molecule has 0 fully saturated rings. The van der Waals surface area contributed by atoms with E-state index in [2.05, 4.69) is 15.3 Å². The molecule has 0 saturated heterocycles. The lowest BCUT2D eigenvalue weighted by molar-refractivity contribution is -0.116. The highest BCUT2D eigenvalue weighted by Gasteiger charge is 2.08. The highest BCUT2D eigenvalue weighted by atomic mass is 35.5. The van der Waals surface area contributed by atoms with Gasteiger partial charge >= 0.3 is 0 Å². The van der Waals surface area contributed by atoms with E-state index in [1.54, 1.807) is 18.6 Å². The minimum absolute atomic E-state index is 0.0359. The largest absolute Gasteiger partial charge is 0.302 e. The lowest BCUT2D eigenvalue weighted by atomic mass is 10.1. The van der Waals surface area contributed by atoms with E-state index in [1.807, 2.05) is 36.4 Å². The molecule has 0 bridgehead atoms. The van der Waals surface area contributed by atoms with E-state index >= 15 is 0 Å². The molecule has 0 unspecified atom stereocenters. The minimum atomic E-state index is -0.0359. The summed E-state index contributed by atoms with van der Waals surface area (Å²) in [5.74, 6) is -0.0359. The van der Waals surface area contributed by atoms with Crippen molar-refractivity contribution in [1.82, 2.24) is 9.97 Å². The fraction of sp³-hybridized carbons (Fsp3) is 0.167. The Hall–Kier alpha value is -2.24. The van der Waals surface area contributed by atoms with Crippen molar-refractivity contribution < 1.29 is 4.79 Å². The first kappa shape index (κ1) is 16.6. The number of hydrogen-bond donors (Lipinski definition) is 1. The van der Waals surface area contributed by atoms with Crippen molar-refractivity contribution in [2.75, 3.05) is 5.32 Å². The second-order valence-electron chi connectivity index (χ2n) is 5.34. The Morgan fingerprint density at radius 3 is 2.71 bits per heavy atom. The lowest BCUT2D eigenvalue weighted by Gasteiger charge is -2.01. The molecule has 1 aromatic carbocycles. The Kier molecular flexibility index (Phi) is 5.56. The van der Waals surface area contributed by atoms with E-state index in [0.29, 0.717) is 18.0 Å². The summed E-state index contributed by atoms with van der Waals surface area (Å²) in [5.41, 5.74) is 2.22. The third-order valence-electron chi connectivity index (χ3n) is 3.46. The molecule has 3 aromatic rings. The van der Waals surface area contributed by atoms with Crippen molar-refractivity contribution in [2.24, 2.45) is 0 Å². The number of halogens is 1. The summed E-state index contributed by atoms with van der Waals surface area (Å²) in [4.78, 5) is 21.4. The average molecular weight is 358 g/mol. The summed E-state index contributed by atoms with van der Waals surface area (Å²) < 4.78 is 0. The summed E-state index contributed by atoms with van der Waals surface area (Å²) >= 11 is 7.38. The monoisotopic (exact) mass is 357 g/mol. The normalized spacial score (nSPS) is 10.5. The fourth-order valence-corrected chi connectivity index (χ4v) is 3.22. The van der Waals surface area contributed by atoms with Gasteiger partial charge < -0.3 is 5.32 Å². The number of rotatable bonds is 6. The number of hydrogen-bond acceptors (Lipinski definition) is 4. The van der Waals surface area contributed by atoms with Gasteiger partial charge in [-0.2, -0.15) is 0 Å². The number of nitrogens with one attached hydrogen (secondary N) is 1. The van der Waals surface area contributed by atoms with Crippen LogP contribution in [0.3, 0.4) is 0 Å². The van der Waals surface area contributed by atoms with Crippen LogP contribution in [0.4, 0.5) is 5.13 Å². The summed E-state index contributed by atoms with van der Waals surface area (Å²) in [6.45, 7) is 0. The van der Waals surface area contributed by atoms with Crippen LogP contribution in [-0.4, -0.2) is 15.9 Å². The van der Waals surface area contributed by atoms with Crippen LogP contribution in [0.1, 0.15) is 22.4 Å². The number of pyridine rings is 1. The first-order valence-corrected chi connectivity index (χ1v) is 8.76. The van der Waals surface area contributed by atoms with Crippen LogP contribution in [0, 0.1) is 0 Å². The molecule has 0 atom stereocenters. The topological polar surface area (TPSA) is 54.9 Å². The van der Waals surface area contributed by atoms with E-state index < -0.39 is 0 Å². The third-order valence-corrected chi connectivity index (χ3v) is 4.62. The van der Waals surface area contributed by atoms with E-state index in [0.717, 1.165) is 27.4 Å². The molecule has 1 N–H and O–H groups in total. The molecule has 122 valence electrons. The van der Waals surface area contributed by atoms with Gasteiger partial charge in [-0.3, -0.25) is 9.78 Å². The van der Waals surface area contributed by atoms with Gasteiger partial charge in [0.1, 0.15) is 0 Å². The Balaban J connectivity index is 1.51. The molecule has 24 heavy (non-hydrogen) atoms. The highest BCUT2D eigenvalue weighted by molar-refractivity contribution is 7.15. The molecule has 2 heterocycles. The Labute approximate surface area is 149 Å². The van der Waals surface area contributed by atoms with Crippen molar-refractivity contribution >= 4 is 34.0 Å². The fourth-order valence-electron chi connectivity index (χ4n) is 2.24. The first-order chi connectivity index (χ1) is 11.7. The Morgan fingerprint density at radius 1 is 1.12 bits per heavy atom. The second-order valence-corrected chi connectivity index (χ2v) is 6.90. The number of carbonyl (C=O) groups is 1. The van der Waals surface area contributed by atoms with Crippen molar-refractivity contribution in [3.63, 3.8) is 0 Å². The van der Waals surface area contributed by atoms with Gasteiger partial charge in [0, 0.05) is 41.3 Å². The second kappa shape index (κ2) is 8.04. The van der Waals surface area contributed by atoms with Gasteiger partial charge in [-0.05, 0) is 35.7 Å². The third kappa shape index (κ3) is 4.88. The molecule has 4 nitrogen and oxygen atoms in total. The van der Waals surface area contributed by atoms with Crippen LogP contribution in [0.15, 0.2) is 55.0 Å². The first-order valence-electron chi connectivity index (χ1n) is 7.57.